The molecule has 4 rings (SSSR count). The van der Waals surface area contributed by atoms with Crippen molar-refractivity contribution in [3.8, 4) is 11.3 Å². The number of aliphatic carboxylic acids is 1. The summed E-state index contributed by atoms with van der Waals surface area (Å²) in [7, 11) is 0. The van der Waals surface area contributed by atoms with Crippen molar-refractivity contribution in [2.24, 2.45) is 5.73 Å². The zero-order valence-corrected chi connectivity index (χ0v) is 18.6. The van der Waals surface area contributed by atoms with Gasteiger partial charge in [0.15, 0.2) is 5.78 Å². The molecule has 2 aromatic carbocycles. The number of carbonyl (C=O) groups is 3. The molecule has 0 unspecified atom stereocenters. The first-order chi connectivity index (χ1) is 15.4. The molecule has 4 N–H and O–H groups in total. The summed E-state index contributed by atoms with van der Waals surface area (Å²) in [5.41, 5.74) is 8.24. The minimum Gasteiger partial charge on any atom is -0.481 e. The van der Waals surface area contributed by atoms with Crippen LogP contribution >= 0.6 is 12.4 Å². The number of aromatic nitrogens is 1. The third kappa shape index (κ3) is 4.53. The Hall–Kier alpha value is -3.49. The third-order valence-corrected chi connectivity index (χ3v) is 5.59. The van der Waals surface area contributed by atoms with Crippen molar-refractivity contribution >= 4 is 46.5 Å². The quantitative estimate of drug-likeness (QED) is 0.363. The number of anilines is 1. The molecule has 0 bridgehead atoms. The van der Waals surface area contributed by atoms with Crippen LogP contribution in [0.15, 0.2) is 47.3 Å². The molecular formula is C24H24ClN3O5. The highest BCUT2D eigenvalue weighted by Crippen LogP contribution is 2.39. The third-order valence-electron chi connectivity index (χ3n) is 5.59. The molecule has 33 heavy (non-hydrogen) atoms. The lowest BCUT2D eigenvalue weighted by Crippen LogP contribution is -2.24. The summed E-state index contributed by atoms with van der Waals surface area (Å²) in [6.07, 6.45) is 0.768. The number of hydrogen-bond acceptors (Lipinski definition) is 5. The highest BCUT2D eigenvalue weighted by atomic mass is 35.5. The molecular weight excluding hydrogens is 446 g/mol. The molecule has 0 atom stereocenters. The van der Waals surface area contributed by atoms with E-state index in [1.165, 1.54) is 0 Å². The number of fused-ring (bicyclic) bond motifs is 5. The average Bonchev–Trinajstić information content (AvgIpc) is 3.06. The first-order valence-corrected chi connectivity index (χ1v) is 10.5. The molecule has 1 amide bonds. The number of nitrogens with two attached hydrogens (primary N) is 1. The van der Waals surface area contributed by atoms with Crippen LogP contribution in [0, 0.1) is 0 Å². The van der Waals surface area contributed by atoms with E-state index in [0.717, 1.165) is 5.56 Å². The number of nitrogens with one attached hydrogen (secondary N) is 1. The lowest BCUT2D eigenvalue weighted by molar-refractivity contribution is -0.137. The highest BCUT2D eigenvalue weighted by Gasteiger charge is 2.32. The summed E-state index contributed by atoms with van der Waals surface area (Å²) in [5, 5.41) is 12.3. The van der Waals surface area contributed by atoms with Gasteiger partial charge in [0.2, 0.25) is 5.91 Å². The number of pyridine rings is 1. The second-order valence-corrected chi connectivity index (χ2v) is 7.75. The van der Waals surface area contributed by atoms with E-state index in [2.05, 4.69) is 5.32 Å². The largest absolute Gasteiger partial charge is 0.481 e. The van der Waals surface area contributed by atoms with Gasteiger partial charge in [0.25, 0.3) is 5.56 Å². The number of hydrogen-bond donors (Lipinski definition) is 3. The molecule has 1 aromatic heterocycles. The first-order valence-electron chi connectivity index (χ1n) is 10.5. The Balaban J connectivity index is 0.00000306. The second kappa shape index (κ2) is 9.97. The summed E-state index contributed by atoms with van der Waals surface area (Å²) in [4.78, 5) is 49.4. The Morgan fingerprint density at radius 3 is 2.39 bits per heavy atom. The zero-order chi connectivity index (χ0) is 22.8. The maximum absolute atomic E-state index is 13.4. The standard InChI is InChI=1S/C24H23N3O5.ClH/c25-11-4-12-27-22-16-5-1-2-6-17(16)23(31)21(22)15-10-9-14(13-18(15)24(27)32)26-19(28)7-3-8-20(29)30;/h1-2,5-6,9-10,13H,3-4,7-8,11-12,25H2,(H,26,28)(H,29,30);1H. The topological polar surface area (TPSA) is 131 Å². The molecule has 0 fully saturated rings. The van der Waals surface area contributed by atoms with Gasteiger partial charge in [-0.05, 0) is 31.5 Å². The van der Waals surface area contributed by atoms with Gasteiger partial charge < -0.3 is 20.7 Å². The molecule has 0 saturated carbocycles. The number of rotatable bonds is 8. The average molecular weight is 470 g/mol. The molecule has 0 aliphatic heterocycles. The Morgan fingerprint density at radius 1 is 0.970 bits per heavy atom. The smallest absolute Gasteiger partial charge is 0.303 e. The van der Waals surface area contributed by atoms with Crippen LogP contribution in [0.2, 0.25) is 0 Å². The van der Waals surface area contributed by atoms with E-state index in [-0.39, 0.29) is 48.9 Å². The van der Waals surface area contributed by atoms with Crippen molar-refractivity contribution in [3.05, 3.63) is 63.9 Å². The number of carboxylic acids is 1. The summed E-state index contributed by atoms with van der Waals surface area (Å²) >= 11 is 0. The fraction of sp³-hybridized carbons (Fsp3) is 0.250. The molecule has 172 valence electrons. The first kappa shape index (κ1) is 24.2. The lowest BCUT2D eigenvalue weighted by Gasteiger charge is -2.15. The summed E-state index contributed by atoms with van der Waals surface area (Å²) in [6.45, 7) is 0.780. The van der Waals surface area contributed by atoms with Crippen LogP contribution in [0.3, 0.4) is 0 Å². The molecule has 0 saturated heterocycles. The van der Waals surface area contributed by atoms with Crippen molar-refractivity contribution < 1.29 is 19.5 Å². The number of halogens is 1. The SMILES string of the molecule is Cl.NCCCn1c2c(c3ccc(NC(=O)CCCC(=O)O)cc3c1=O)C(=O)c1ccccc1-2. The van der Waals surface area contributed by atoms with Crippen molar-refractivity contribution in [2.75, 3.05) is 11.9 Å². The van der Waals surface area contributed by atoms with Crippen LogP contribution in [0.4, 0.5) is 5.69 Å². The molecule has 8 nitrogen and oxygen atoms in total. The van der Waals surface area contributed by atoms with Gasteiger partial charge in [-0.15, -0.1) is 12.4 Å². The van der Waals surface area contributed by atoms with Crippen molar-refractivity contribution in [3.63, 3.8) is 0 Å². The summed E-state index contributed by atoms with van der Waals surface area (Å²) in [6, 6.07) is 12.1. The van der Waals surface area contributed by atoms with Crippen molar-refractivity contribution in [1.29, 1.82) is 0 Å². The summed E-state index contributed by atoms with van der Waals surface area (Å²) in [5.74, 6) is -1.42. The molecule has 0 spiro atoms. The fourth-order valence-electron chi connectivity index (χ4n) is 4.15. The number of nitrogens with zero attached hydrogens (tertiary/aromatic N) is 1. The number of carbonyl (C=O) groups excluding carboxylic acids is 2. The number of benzene rings is 2. The van der Waals surface area contributed by atoms with Gasteiger partial charge >= 0.3 is 5.97 Å². The van der Waals surface area contributed by atoms with Gasteiger partial charge in [0.05, 0.1) is 16.6 Å². The van der Waals surface area contributed by atoms with Crippen LogP contribution in [-0.4, -0.2) is 33.9 Å². The minimum absolute atomic E-state index is 0. The van der Waals surface area contributed by atoms with E-state index < -0.39 is 5.97 Å². The molecule has 9 heteroatoms. The van der Waals surface area contributed by atoms with Crippen molar-refractivity contribution in [2.45, 2.75) is 32.2 Å². The fourth-order valence-corrected chi connectivity index (χ4v) is 4.15. The summed E-state index contributed by atoms with van der Waals surface area (Å²) < 4.78 is 1.60. The Bertz CT molecular complexity index is 1320. The van der Waals surface area contributed by atoms with Crippen molar-refractivity contribution in [1.82, 2.24) is 4.57 Å². The normalized spacial score (nSPS) is 11.6. The predicted octanol–water partition coefficient (Wildman–Crippen LogP) is 3.18. The maximum Gasteiger partial charge on any atom is 0.303 e. The zero-order valence-electron chi connectivity index (χ0n) is 17.8. The van der Waals surface area contributed by atoms with Gasteiger partial charge in [-0.2, -0.15) is 0 Å². The van der Waals surface area contributed by atoms with Gasteiger partial charge in [-0.3, -0.25) is 19.2 Å². The number of amides is 1. The van der Waals surface area contributed by atoms with Gasteiger partial charge in [-0.1, -0.05) is 30.3 Å². The molecule has 3 aromatic rings. The van der Waals surface area contributed by atoms with E-state index in [1.807, 2.05) is 12.1 Å². The number of carboxylic acid groups (broad SMARTS) is 1. The Labute approximate surface area is 195 Å². The van der Waals surface area contributed by atoms with E-state index in [4.69, 9.17) is 10.8 Å². The molecule has 0 radical (unpaired) electrons. The highest BCUT2D eigenvalue weighted by molar-refractivity contribution is 6.26. The predicted molar refractivity (Wildman–Crippen MR) is 128 cm³/mol. The monoisotopic (exact) mass is 469 g/mol. The van der Waals surface area contributed by atoms with Crippen LogP contribution in [-0.2, 0) is 16.1 Å². The van der Waals surface area contributed by atoms with E-state index in [0.29, 0.717) is 52.8 Å². The molecule has 1 aliphatic rings. The van der Waals surface area contributed by atoms with E-state index >= 15 is 0 Å². The molecule has 1 aliphatic carbocycles. The van der Waals surface area contributed by atoms with Gasteiger partial charge in [-0.25, -0.2) is 0 Å². The van der Waals surface area contributed by atoms with Crippen LogP contribution in [0.5, 0.6) is 0 Å². The lowest BCUT2D eigenvalue weighted by atomic mass is 10.0. The Kier molecular flexibility index (Phi) is 7.30. The molecule has 1 heterocycles. The van der Waals surface area contributed by atoms with Gasteiger partial charge in [0.1, 0.15) is 0 Å². The second-order valence-electron chi connectivity index (χ2n) is 7.75. The maximum atomic E-state index is 13.4. The minimum atomic E-state index is -0.957. The van der Waals surface area contributed by atoms with Gasteiger partial charge in [0, 0.05) is 41.6 Å². The van der Waals surface area contributed by atoms with Crippen LogP contribution in [0.25, 0.3) is 22.0 Å². The van der Waals surface area contributed by atoms with Crippen LogP contribution in [0.1, 0.15) is 41.6 Å². The Morgan fingerprint density at radius 2 is 1.70 bits per heavy atom. The van der Waals surface area contributed by atoms with E-state index in [1.54, 1.807) is 34.9 Å². The van der Waals surface area contributed by atoms with E-state index in [9.17, 15) is 19.2 Å². The number of ketones is 1. The van der Waals surface area contributed by atoms with Crippen LogP contribution < -0.4 is 16.6 Å².